The van der Waals surface area contributed by atoms with Crippen LogP contribution in [0.2, 0.25) is 0 Å². The van der Waals surface area contributed by atoms with Gasteiger partial charge >= 0.3 is 0 Å². The molecule has 2 heterocycles. The standard InChI is InChI=1S/C26H23N5O6/c1-36-19-9-5-6-16(22(19)37-2)14-28-25(34)20-21(32)26(35)31-23(30-20)17-7-3-4-8-18(17)29-24(33)15-10-12-27-13-11-15/h3-13,32H,14H2,1-2H3,(H,28,34)(H,29,33)(H,30,31,35). The zero-order valence-electron chi connectivity index (χ0n) is 19.9. The number of para-hydroxylation sites is 2. The largest absolute Gasteiger partial charge is 0.501 e. The number of carbonyl (C=O) groups excluding carboxylic acids is 2. The molecule has 0 saturated carbocycles. The fraction of sp³-hybridized carbons (Fsp3) is 0.115. The Morgan fingerprint density at radius 3 is 2.38 bits per heavy atom. The Morgan fingerprint density at radius 2 is 1.65 bits per heavy atom. The van der Waals surface area contributed by atoms with Crippen LogP contribution in [0.1, 0.15) is 26.4 Å². The number of benzene rings is 2. The molecule has 37 heavy (non-hydrogen) atoms. The molecule has 0 aliphatic carbocycles. The van der Waals surface area contributed by atoms with E-state index in [0.29, 0.717) is 33.9 Å². The van der Waals surface area contributed by atoms with Crippen LogP contribution in [0.3, 0.4) is 0 Å². The van der Waals surface area contributed by atoms with Crippen molar-refractivity contribution in [1.29, 1.82) is 0 Å². The fourth-order valence-corrected chi connectivity index (χ4v) is 3.56. The van der Waals surface area contributed by atoms with Gasteiger partial charge in [0.25, 0.3) is 17.7 Å². The maximum Gasteiger partial charge on any atom is 0.274 e. The lowest BCUT2D eigenvalue weighted by molar-refractivity contribution is 0.0940. The van der Waals surface area contributed by atoms with Crippen LogP contribution in [-0.4, -0.2) is 51.2 Å². The van der Waals surface area contributed by atoms with Gasteiger partial charge in [-0.15, -0.1) is 0 Å². The number of hydrogen-bond acceptors (Lipinski definition) is 9. The average Bonchev–Trinajstić information content (AvgIpc) is 2.93. The van der Waals surface area contributed by atoms with Crippen molar-refractivity contribution in [3.8, 4) is 34.5 Å². The first-order chi connectivity index (χ1) is 17.9. The number of nitrogens with one attached hydrogen (secondary N) is 2. The highest BCUT2D eigenvalue weighted by atomic mass is 16.5. The first-order valence-electron chi connectivity index (χ1n) is 11.0. The molecule has 188 valence electrons. The van der Waals surface area contributed by atoms with Gasteiger partial charge in [0.15, 0.2) is 23.0 Å². The molecule has 2 aromatic heterocycles. The molecule has 0 bridgehead atoms. The number of hydrogen-bond donors (Lipinski definition) is 4. The van der Waals surface area contributed by atoms with Gasteiger partial charge in [-0.05, 0) is 30.3 Å². The number of rotatable bonds is 8. The third-order valence-electron chi connectivity index (χ3n) is 5.36. The van der Waals surface area contributed by atoms with Crippen molar-refractivity contribution < 1.29 is 29.3 Å². The normalized spacial score (nSPS) is 10.4. The molecule has 11 heteroatoms. The van der Waals surface area contributed by atoms with Crippen molar-refractivity contribution >= 4 is 17.5 Å². The van der Waals surface area contributed by atoms with Gasteiger partial charge in [0.2, 0.25) is 5.75 Å². The number of anilines is 1. The first kappa shape index (κ1) is 24.9. The van der Waals surface area contributed by atoms with Crippen molar-refractivity contribution in [2.24, 2.45) is 0 Å². The van der Waals surface area contributed by atoms with E-state index in [1.165, 1.54) is 26.6 Å². The predicted octanol–water partition coefficient (Wildman–Crippen LogP) is 3.15. The molecular formula is C26H23N5O6. The van der Waals surface area contributed by atoms with Crippen molar-refractivity contribution in [3.63, 3.8) is 0 Å². The minimum absolute atomic E-state index is 0.0251. The van der Waals surface area contributed by atoms with Gasteiger partial charge in [0.05, 0.1) is 19.9 Å². The SMILES string of the molecule is COc1cccc(CNC(=O)c2nc(-c3ccccc3NC(=O)c3ccncc3)nc(O)c2O)c1OC. The summed E-state index contributed by atoms with van der Waals surface area (Å²) in [5.74, 6) is -1.88. The number of pyridine rings is 1. The van der Waals surface area contributed by atoms with E-state index in [1.54, 1.807) is 54.6 Å². The lowest BCUT2D eigenvalue weighted by Crippen LogP contribution is -2.24. The summed E-state index contributed by atoms with van der Waals surface area (Å²) in [4.78, 5) is 37.6. The average molecular weight is 501 g/mol. The third kappa shape index (κ3) is 5.40. The molecule has 2 aromatic carbocycles. The Bertz CT molecular complexity index is 1450. The smallest absolute Gasteiger partial charge is 0.274 e. The van der Waals surface area contributed by atoms with Crippen molar-refractivity contribution in [2.75, 3.05) is 19.5 Å². The highest BCUT2D eigenvalue weighted by Gasteiger charge is 2.22. The van der Waals surface area contributed by atoms with E-state index < -0.39 is 29.1 Å². The monoisotopic (exact) mass is 501 g/mol. The number of nitrogens with zero attached hydrogens (tertiary/aromatic N) is 3. The number of ether oxygens (including phenoxy) is 2. The molecule has 0 unspecified atom stereocenters. The van der Waals surface area contributed by atoms with E-state index in [-0.39, 0.29) is 12.4 Å². The van der Waals surface area contributed by atoms with Crippen LogP contribution in [0.25, 0.3) is 11.4 Å². The maximum absolute atomic E-state index is 13.0. The van der Waals surface area contributed by atoms with Gasteiger partial charge in [0, 0.05) is 35.6 Å². The van der Waals surface area contributed by atoms with E-state index in [9.17, 15) is 19.8 Å². The second-order valence-electron chi connectivity index (χ2n) is 7.64. The van der Waals surface area contributed by atoms with E-state index >= 15 is 0 Å². The zero-order chi connectivity index (χ0) is 26.4. The lowest BCUT2D eigenvalue weighted by Gasteiger charge is -2.14. The second-order valence-corrected chi connectivity index (χ2v) is 7.64. The number of amides is 2. The van der Waals surface area contributed by atoms with Gasteiger partial charge in [0.1, 0.15) is 0 Å². The minimum atomic E-state index is -0.788. The summed E-state index contributed by atoms with van der Waals surface area (Å²) < 4.78 is 10.6. The minimum Gasteiger partial charge on any atom is -0.501 e. The highest BCUT2D eigenvalue weighted by molar-refractivity contribution is 6.06. The molecule has 4 rings (SSSR count). The van der Waals surface area contributed by atoms with E-state index in [1.807, 2.05) is 0 Å². The van der Waals surface area contributed by atoms with Gasteiger partial charge in [-0.25, -0.2) is 4.98 Å². The molecule has 0 atom stereocenters. The quantitative estimate of drug-likeness (QED) is 0.285. The lowest BCUT2D eigenvalue weighted by atomic mass is 10.1. The molecule has 11 nitrogen and oxygen atoms in total. The van der Waals surface area contributed by atoms with Gasteiger partial charge in [-0.2, -0.15) is 4.98 Å². The van der Waals surface area contributed by atoms with Gasteiger partial charge in [-0.1, -0.05) is 24.3 Å². The van der Waals surface area contributed by atoms with Crippen LogP contribution in [0.5, 0.6) is 23.1 Å². The van der Waals surface area contributed by atoms with Crippen molar-refractivity contribution in [2.45, 2.75) is 6.54 Å². The first-order valence-corrected chi connectivity index (χ1v) is 11.0. The summed E-state index contributed by atoms with van der Waals surface area (Å²) in [5, 5.41) is 26.0. The summed E-state index contributed by atoms with van der Waals surface area (Å²) in [6, 6.07) is 14.9. The molecule has 0 aliphatic rings. The number of carbonyl (C=O) groups is 2. The van der Waals surface area contributed by atoms with Crippen molar-refractivity contribution in [1.82, 2.24) is 20.3 Å². The molecular weight excluding hydrogens is 478 g/mol. The molecule has 0 saturated heterocycles. The van der Waals surface area contributed by atoms with Crippen LogP contribution < -0.4 is 20.1 Å². The van der Waals surface area contributed by atoms with Crippen LogP contribution in [0.15, 0.2) is 67.0 Å². The maximum atomic E-state index is 13.0. The third-order valence-corrected chi connectivity index (χ3v) is 5.36. The number of aromatic hydroxyl groups is 2. The summed E-state index contributed by atoms with van der Waals surface area (Å²) in [6.07, 6.45) is 2.99. The summed E-state index contributed by atoms with van der Waals surface area (Å²) >= 11 is 0. The number of aromatic nitrogens is 3. The zero-order valence-corrected chi connectivity index (χ0v) is 19.9. The molecule has 4 aromatic rings. The Balaban J connectivity index is 1.62. The second kappa shape index (κ2) is 11.0. The predicted molar refractivity (Wildman–Crippen MR) is 134 cm³/mol. The number of methoxy groups -OCH3 is 2. The fourth-order valence-electron chi connectivity index (χ4n) is 3.56. The highest BCUT2D eigenvalue weighted by Crippen LogP contribution is 2.33. The van der Waals surface area contributed by atoms with Gasteiger partial charge < -0.3 is 30.3 Å². The van der Waals surface area contributed by atoms with E-state index in [0.717, 1.165) is 0 Å². The molecule has 0 fully saturated rings. The molecule has 4 N–H and O–H groups in total. The van der Waals surface area contributed by atoms with E-state index in [2.05, 4.69) is 25.6 Å². The summed E-state index contributed by atoms with van der Waals surface area (Å²) in [7, 11) is 2.98. The Hall–Kier alpha value is -5.19. The van der Waals surface area contributed by atoms with Gasteiger partial charge in [-0.3, -0.25) is 14.6 Å². The topological polar surface area (TPSA) is 156 Å². The Labute approximate surface area is 211 Å². The summed E-state index contributed by atoms with van der Waals surface area (Å²) in [6.45, 7) is 0.0251. The molecule has 0 radical (unpaired) electrons. The Morgan fingerprint density at radius 1 is 0.892 bits per heavy atom. The van der Waals surface area contributed by atoms with E-state index in [4.69, 9.17) is 9.47 Å². The molecule has 2 amide bonds. The van der Waals surface area contributed by atoms with Crippen LogP contribution in [-0.2, 0) is 6.54 Å². The van der Waals surface area contributed by atoms with Crippen LogP contribution in [0.4, 0.5) is 5.69 Å². The molecule has 0 aliphatic heterocycles. The van der Waals surface area contributed by atoms with Crippen LogP contribution >= 0.6 is 0 Å². The van der Waals surface area contributed by atoms with Crippen molar-refractivity contribution in [3.05, 3.63) is 83.8 Å². The van der Waals surface area contributed by atoms with Crippen LogP contribution in [0, 0.1) is 0 Å². The molecule has 0 spiro atoms. The Kier molecular flexibility index (Phi) is 7.43. The summed E-state index contributed by atoms with van der Waals surface area (Å²) in [5.41, 5.74) is 1.22.